The van der Waals surface area contributed by atoms with Gasteiger partial charge in [0.15, 0.2) is 0 Å². The van der Waals surface area contributed by atoms with Gasteiger partial charge in [0, 0.05) is 23.3 Å². The van der Waals surface area contributed by atoms with Crippen molar-refractivity contribution < 1.29 is 18.3 Å². The van der Waals surface area contributed by atoms with Gasteiger partial charge in [0.2, 0.25) is 0 Å². The molecule has 0 aliphatic heterocycles. The van der Waals surface area contributed by atoms with Gasteiger partial charge in [-0.05, 0) is 29.8 Å². The predicted octanol–water partition coefficient (Wildman–Crippen LogP) is 5.53. The van der Waals surface area contributed by atoms with Gasteiger partial charge >= 0.3 is 6.18 Å². The number of phenolic OH excluding ortho intramolecular Hbond substituents is 1. The van der Waals surface area contributed by atoms with Gasteiger partial charge in [0.1, 0.15) is 11.3 Å². The number of alkyl halides is 3. The first-order chi connectivity index (χ1) is 13.4. The van der Waals surface area contributed by atoms with Crippen LogP contribution in [0.15, 0.2) is 79.1 Å². The normalized spacial score (nSPS) is 12.8. The molecule has 0 radical (unpaired) electrons. The van der Waals surface area contributed by atoms with E-state index in [9.17, 15) is 18.3 Å². The molecule has 0 aliphatic rings. The Morgan fingerprint density at radius 2 is 1.64 bits per heavy atom. The highest BCUT2D eigenvalue weighted by atomic mass is 19.4. The molecule has 1 atom stereocenters. The average Bonchev–Trinajstić information content (AvgIpc) is 2.71. The van der Waals surface area contributed by atoms with Crippen molar-refractivity contribution in [1.82, 2.24) is 9.97 Å². The quantitative estimate of drug-likeness (QED) is 0.508. The van der Waals surface area contributed by atoms with Crippen LogP contribution in [-0.2, 0) is 6.18 Å². The van der Waals surface area contributed by atoms with E-state index < -0.39 is 17.7 Å². The van der Waals surface area contributed by atoms with Gasteiger partial charge in [-0.25, -0.2) is 0 Å². The van der Waals surface area contributed by atoms with E-state index in [1.165, 1.54) is 6.07 Å². The van der Waals surface area contributed by atoms with Gasteiger partial charge in [-0.15, -0.1) is 0 Å². The van der Waals surface area contributed by atoms with Crippen molar-refractivity contribution in [3.05, 3.63) is 102 Å². The first-order valence-corrected chi connectivity index (χ1v) is 8.60. The number of aromatic nitrogens is 2. The number of hydrogen-bond donors (Lipinski definition) is 1. The van der Waals surface area contributed by atoms with Crippen LogP contribution in [-0.4, -0.2) is 15.1 Å². The minimum Gasteiger partial charge on any atom is -0.505 e. The molecule has 3 nitrogen and oxygen atoms in total. The van der Waals surface area contributed by atoms with Gasteiger partial charge in [-0.3, -0.25) is 9.97 Å². The van der Waals surface area contributed by atoms with Gasteiger partial charge < -0.3 is 5.11 Å². The number of aromatic hydroxyl groups is 1. The van der Waals surface area contributed by atoms with Crippen LogP contribution in [0, 0.1) is 0 Å². The highest BCUT2D eigenvalue weighted by Crippen LogP contribution is 2.40. The van der Waals surface area contributed by atoms with E-state index in [0.29, 0.717) is 22.3 Å². The topological polar surface area (TPSA) is 46.0 Å². The SMILES string of the molecule is Oc1c(C(c2cccc(C(F)(F)F)c2)c2ccccn2)ccc2cccnc12. The molecule has 1 N–H and O–H groups in total. The summed E-state index contributed by atoms with van der Waals surface area (Å²) in [5.41, 5.74) is 1.02. The third-order valence-corrected chi connectivity index (χ3v) is 4.62. The fourth-order valence-corrected chi connectivity index (χ4v) is 3.33. The van der Waals surface area contributed by atoms with Crippen LogP contribution < -0.4 is 0 Å². The highest BCUT2D eigenvalue weighted by Gasteiger charge is 2.32. The lowest BCUT2D eigenvalue weighted by atomic mass is 9.86. The minimum atomic E-state index is -4.46. The molecule has 0 fully saturated rings. The van der Waals surface area contributed by atoms with E-state index in [2.05, 4.69) is 9.97 Å². The molecule has 2 aromatic heterocycles. The van der Waals surface area contributed by atoms with Gasteiger partial charge in [-0.1, -0.05) is 42.5 Å². The van der Waals surface area contributed by atoms with Crippen LogP contribution in [0.1, 0.15) is 28.3 Å². The Kier molecular flexibility index (Phi) is 4.47. The molecule has 0 saturated carbocycles. The van der Waals surface area contributed by atoms with Gasteiger partial charge in [0.25, 0.3) is 0 Å². The monoisotopic (exact) mass is 380 g/mol. The Morgan fingerprint density at radius 1 is 0.821 bits per heavy atom. The number of fused-ring (bicyclic) bond motifs is 1. The standard InChI is InChI=1S/C22H15F3N2O/c23-22(24,25)16-7-3-5-15(13-16)19(18-8-1-2-11-26-18)17-10-9-14-6-4-12-27-20(14)21(17)28/h1-13,19,28H. The van der Waals surface area contributed by atoms with Crippen molar-refractivity contribution in [3.63, 3.8) is 0 Å². The zero-order chi connectivity index (χ0) is 19.7. The van der Waals surface area contributed by atoms with Crippen molar-refractivity contribution in [2.24, 2.45) is 0 Å². The average molecular weight is 380 g/mol. The second kappa shape index (κ2) is 6.96. The zero-order valence-electron chi connectivity index (χ0n) is 14.6. The van der Waals surface area contributed by atoms with Gasteiger partial charge in [0.05, 0.1) is 17.2 Å². The van der Waals surface area contributed by atoms with Crippen LogP contribution in [0.4, 0.5) is 13.2 Å². The second-order valence-electron chi connectivity index (χ2n) is 6.39. The summed E-state index contributed by atoms with van der Waals surface area (Å²) in [6.07, 6.45) is -1.32. The van der Waals surface area contributed by atoms with Crippen LogP contribution in [0.2, 0.25) is 0 Å². The van der Waals surface area contributed by atoms with Crippen LogP contribution in [0.25, 0.3) is 10.9 Å². The van der Waals surface area contributed by atoms with Crippen LogP contribution in [0.5, 0.6) is 5.75 Å². The molecule has 1 unspecified atom stereocenters. The zero-order valence-corrected chi connectivity index (χ0v) is 14.6. The van der Waals surface area contributed by atoms with E-state index in [0.717, 1.165) is 17.5 Å². The molecule has 0 bridgehead atoms. The predicted molar refractivity (Wildman–Crippen MR) is 100 cm³/mol. The van der Waals surface area contributed by atoms with Crippen molar-refractivity contribution in [2.75, 3.05) is 0 Å². The van der Waals surface area contributed by atoms with E-state index in [1.807, 2.05) is 6.07 Å². The molecular formula is C22H15F3N2O. The fraction of sp³-hybridized carbons (Fsp3) is 0.0909. The number of benzene rings is 2. The maximum Gasteiger partial charge on any atom is 0.416 e. The lowest BCUT2D eigenvalue weighted by Gasteiger charge is -2.20. The first kappa shape index (κ1) is 18.0. The molecule has 4 aromatic rings. The lowest BCUT2D eigenvalue weighted by Crippen LogP contribution is -2.10. The minimum absolute atomic E-state index is 0.0637. The van der Waals surface area contributed by atoms with E-state index in [4.69, 9.17) is 0 Å². The van der Waals surface area contributed by atoms with Crippen molar-refractivity contribution in [1.29, 1.82) is 0 Å². The number of phenols is 1. The van der Waals surface area contributed by atoms with Crippen molar-refractivity contribution >= 4 is 10.9 Å². The molecule has 6 heteroatoms. The van der Waals surface area contributed by atoms with E-state index in [-0.39, 0.29) is 5.75 Å². The summed E-state index contributed by atoms with van der Waals surface area (Å²) in [7, 11) is 0. The Bertz CT molecular complexity index is 1130. The molecule has 2 heterocycles. The molecule has 0 aliphatic carbocycles. The van der Waals surface area contributed by atoms with Crippen LogP contribution in [0.3, 0.4) is 0 Å². The van der Waals surface area contributed by atoms with Gasteiger partial charge in [-0.2, -0.15) is 13.2 Å². The Morgan fingerprint density at radius 3 is 2.39 bits per heavy atom. The summed E-state index contributed by atoms with van der Waals surface area (Å²) in [5.74, 6) is -0.735. The number of nitrogens with zero attached hydrogens (tertiary/aromatic N) is 2. The highest BCUT2D eigenvalue weighted by molar-refractivity contribution is 5.86. The molecule has 0 amide bonds. The molecule has 4 rings (SSSR count). The third-order valence-electron chi connectivity index (χ3n) is 4.62. The number of rotatable bonds is 3. The summed E-state index contributed by atoms with van der Waals surface area (Å²) < 4.78 is 39.7. The lowest BCUT2D eigenvalue weighted by molar-refractivity contribution is -0.137. The second-order valence-corrected chi connectivity index (χ2v) is 6.39. The summed E-state index contributed by atoms with van der Waals surface area (Å²) in [5, 5.41) is 11.6. The van der Waals surface area contributed by atoms with Crippen molar-refractivity contribution in [2.45, 2.75) is 12.1 Å². The molecular weight excluding hydrogens is 365 g/mol. The number of hydrogen-bond acceptors (Lipinski definition) is 3. The summed E-state index contributed by atoms with van der Waals surface area (Å²) in [6, 6.07) is 17.4. The molecule has 2 aromatic carbocycles. The number of halogens is 3. The fourth-order valence-electron chi connectivity index (χ4n) is 3.33. The molecule has 28 heavy (non-hydrogen) atoms. The maximum absolute atomic E-state index is 13.2. The molecule has 0 spiro atoms. The third kappa shape index (κ3) is 3.29. The summed E-state index contributed by atoms with van der Waals surface area (Å²) >= 11 is 0. The Balaban J connectivity index is 1.95. The Labute approximate surface area is 159 Å². The smallest absolute Gasteiger partial charge is 0.416 e. The first-order valence-electron chi connectivity index (χ1n) is 8.60. The van der Waals surface area contributed by atoms with Crippen molar-refractivity contribution in [3.8, 4) is 5.75 Å². The van der Waals surface area contributed by atoms with E-state index >= 15 is 0 Å². The molecule has 140 valence electrons. The summed E-state index contributed by atoms with van der Waals surface area (Å²) in [6.45, 7) is 0. The molecule has 0 saturated heterocycles. The largest absolute Gasteiger partial charge is 0.505 e. The Hall–Kier alpha value is -3.41. The van der Waals surface area contributed by atoms with E-state index in [1.54, 1.807) is 54.9 Å². The summed E-state index contributed by atoms with van der Waals surface area (Å²) in [4.78, 5) is 8.55. The maximum atomic E-state index is 13.2. The van der Waals surface area contributed by atoms with Crippen LogP contribution >= 0.6 is 0 Å². The number of pyridine rings is 2.